The lowest BCUT2D eigenvalue weighted by molar-refractivity contribution is -0.138. The first kappa shape index (κ1) is 32.1. The lowest BCUT2D eigenvalue weighted by Crippen LogP contribution is -2.40. The van der Waals surface area contributed by atoms with Gasteiger partial charge in [-0.3, -0.25) is 9.36 Å². The number of thiazole rings is 1. The van der Waals surface area contributed by atoms with Crippen molar-refractivity contribution < 1.29 is 27.8 Å². The van der Waals surface area contributed by atoms with Crippen molar-refractivity contribution >= 4 is 45.0 Å². The first-order valence-corrected chi connectivity index (χ1v) is 16.2. The van der Waals surface area contributed by atoms with Crippen LogP contribution in [0.2, 0.25) is 0 Å². The number of esters is 1. The van der Waals surface area contributed by atoms with E-state index in [0.717, 1.165) is 11.3 Å². The molecule has 1 aliphatic rings. The number of ether oxygens (including phenoxy) is 3. The van der Waals surface area contributed by atoms with Crippen LogP contribution >= 0.6 is 27.3 Å². The summed E-state index contributed by atoms with van der Waals surface area (Å²) in [6, 6.07) is 23.7. The monoisotopic (exact) mass is 716 g/mol. The quantitative estimate of drug-likeness (QED) is 0.162. The summed E-state index contributed by atoms with van der Waals surface area (Å²) < 4.78 is 47.5. The fourth-order valence-electron chi connectivity index (χ4n) is 5.28. The summed E-state index contributed by atoms with van der Waals surface area (Å²) in [5, 5.41) is 0. The zero-order valence-corrected chi connectivity index (χ0v) is 27.6. The van der Waals surface area contributed by atoms with Crippen LogP contribution in [0.1, 0.15) is 35.2 Å². The average molecular weight is 718 g/mol. The van der Waals surface area contributed by atoms with E-state index < -0.39 is 23.4 Å². The van der Waals surface area contributed by atoms with Gasteiger partial charge in [-0.15, -0.1) is 0 Å². The van der Waals surface area contributed by atoms with Crippen LogP contribution in [-0.2, 0) is 16.1 Å². The molecule has 1 aromatic heterocycles. The fraction of sp³-hybridized carbons (Fsp3) is 0.139. The summed E-state index contributed by atoms with van der Waals surface area (Å²) in [5.74, 6) is -0.715. The summed E-state index contributed by atoms with van der Waals surface area (Å²) in [6.45, 7) is 1.79. The van der Waals surface area contributed by atoms with Gasteiger partial charge in [-0.1, -0.05) is 72.0 Å². The largest absolute Gasteiger partial charge is 0.493 e. The Morgan fingerprint density at radius 2 is 1.74 bits per heavy atom. The molecule has 1 atom stereocenters. The van der Waals surface area contributed by atoms with Gasteiger partial charge < -0.3 is 14.2 Å². The Hall–Kier alpha value is -4.87. The van der Waals surface area contributed by atoms with Gasteiger partial charge in [0.1, 0.15) is 18.2 Å². The van der Waals surface area contributed by atoms with Crippen molar-refractivity contribution in [2.75, 3.05) is 13.7 Å². The number of rotatable bonds is 9. The molecule has 238 valence electrons. The van der Waals surface area contributed by atoms with Crippen molar-refractivity contribution in [1.82, 2.24) is 4.57 Å². The number of benzene rings is 4. The third-order valence-electron chi connectivity index (χ3n) is 7.44. The SMILES string of the molecule is CCOC(=O)C1=C(c2ccccc2)N=c2sc(=Cc3cc(Br)c(OCc4ccccc4F)c(OC)c3)c(=O)n2C1c1ccc(F)cc1. The predicted octanol–water partition coefficient (Wildman–Crippen LogP) is 6.56. The first-order valence-electron chi connectivity index (χ1n) is 14.6. The topological polar surface area (TPSA) is 79.1 Å². The minimum Gasteiger partial charge on any atom is -0.493 e. The van der Waals surface area contributed by atoms with Gasteiger partial charge in [-0.2, -0.15) is 0 Å². The molecule has 0 radical (unpaired) electrons. The Bertz CT molecular complexity index is 2180. The molecule has 7 nitrogen and oxygen atoms in total. The normalized spacial score (nSPS) is 14.4. The fourth-order valence-corrected chi connectivity index (χ4v) is 6.86. The minimum atomic E-state index is -0.932. The maximum absolute atomic E-state index is 14.2. The van der Waals surface area contributed by atoms with Crippen LogP contribution in [0.25, 0.3) is 11.8 Å². The van der Waals surface area contributed by atoms with Gasteiger partial charge in [-0.25, -0.2) is 18.6 Å². The highest BCUT2D eigenvalue weighted by Crippen LogP contribution is 2.38. The molecular formula is C36H27BrF2N2O5S. The number of carbonyl (C=O) groups excluding carboxylic acids is 1. The van der Waals surface area contributed by atoms with E-state index in [1.165, 1.54) is 29.9 Å². The standard InChI is InChI=1S/C36H27BrF2N2O5S/c1-3-45-35(43)30-31(22-9-5-4-6-10-22)40-36-41(32(30)23-13-15-25(38)16-14-23)34(42)29(47-36)19-21-17-26(37)33(28(18-21)44-2)46-20-24-11-7-8-12-27(24)39/h4-19,32H,3,20H2,1-2H3. The first-order chi connectivity index (χ1) is 22.8. The van der Waals surface area contributed by atoms with Crippen molar-refractivity contribution in [3.05, 3.63) is 155 Å². The van der Waals surface area contributed by atoms with Crippen LogP contribution < -0.4 is 24.4 Å². The zero-order valence-electron chi connectivity index (χ0n) is 25.2. The Balaban J connectivity index is 1.49. The second-order valence-electron chi connectivity index (χ2n) is 10.4. The molecule has 6 rings (SSSR count). The molecule has 11 heteroatoms. The molecule has 0 amide bonds. The molecule has 5 aromatic rings. The van der Waals surface area contributed by atoms with Crippen LogP contribution in [0, 0.1) is 11.6 Å². The van der Waals surface area contributed by atoms with Gasteiger partial charge in [0, 0.05) is 11.1 Å². The van der Waals surface area contributed by atoms with E-state index in [4.69, 9.17) is 19.2 Å². The summed E-state index contributed by atoms with van der Waals surface area (Å²) in [7, 11) is 1.49. The molecule has 0 bridgehead atoms. The van der Waals surface area contributed by atoms with Crippen molar-refractivity contribution in [3.8, 4) is 11.5 Å². The van der Waals surface area contributed by atoms with E-state index in [2.05, 4.69) is 15.9 Å². The molecule has 4 aromatic carbocycles. The zero-order chi connectivity index (χ0) is 33.1. The number of nitrogens with zero attached hydrogens (tertiary/aromatic N) is 2. The summed E-state index contributed by atoms with van der Waals surface area (Å²) in [5.41, 5.74) is 2.33. The highest BCUT2D eigenvalue weighted by atomic mass is 79.9. The third kappa shape index (κ3) is 6.54. The van der Waals surface area contributed by atoms with Crippen LogP contribution in [0.3, 0.4) is 0 Å². The van der Waals surface area contributed by atoms with E-state index in [1.54, 1.807) is 55.5 Å². The Morgan fingerprint density at radius 1 is 1.02 bits per heavy atom. The van der Waals surface area contributed by atoms with E-state index in [1.807, 2.05) is 30.3 Å². The van der Waals surface area contributed by atoms with Gasteiger partial charge in [-0.05, 0) is 70.4 Å². The smallest absolute Gasteiger partial charge is 0.338 e. The van der Waals surface area contributed by atoms with Crippen LogP contribution in [0.4, 0.5) is 8.78 Å². The molecule has 0 saturated heterocycles. The Labute approximate surface area is 280 Å². The van der Waals surface area contributed by atoms with Gasteiger partial charge in [0.25, 0.3) is 5.56 Å². The maximum atomic E-state index is 14.2. The number of halogens is 3. The molecule has 0 N–H and O–H groups in total. The number of hydrogen-bond acceptors (Lipinski definition) is 7. The second kappa shape index (κ2) is 13.9. The molecule has 2 heterocycles. The summed E-state index contributed by atoms with van der Waals surface area (Å²) in [6.07, 6.45) is 1.69. The Kier molecular flexibility index (Phi) is 9.46. The van der Waals surface area contributed by atoms with Crippen LogP contribution in [0.5, 0.6) is 11.5 Å². The molecular weight excluding hydrogens is 690 g/mol. The minimum absolute atomic E-state index is 0.0183. The summed E-state index contributed by atoms with van der Waals surface area (Å²) >= 11 is 4.69. The second-order valence-corrected chi connectivity index (χ2v) is 12.3. The van der Waals surface area contributed by atoms with Gasteiger partial charge in [0.15, 0.2) is 16.3 Å². The predicted molar refractivity (Wildman–Crippen MR) is 179 cm³/mol. The van der Waals surface area contributed by atoms with Crippen molar-refractivity contribution in [3.63, 3.8) is 0 Å². The van der Waals surface area contributed by atoms with Gasteiger partial charge >= 0.3 is 5.97 Å². The highest BCUT2D eigenvalue weighted by molar-refractivity contribution is 9.10. The molecule has 0 fully saturated rings. The van der Waals surface area contributed by atoms with Crippen molar-refractivity contribution in [1.29, 1.82) is 0 Å². The molecule has 0 spiro atoms. The lowest BCUT2D eigenvalue weighted by atomic mass is 9.93. The number of aromatic nitrogens is 1. The van der Waals surface area contributed by atoms with E-state index in [9.17, 15) is 18.4 Å². The maximum Gasteiger partial charge on any atom is 0.338 e. The Morgan fingerprint density at radius 3 is 2.45 bits per heavy atom. The van der Waals surface area contributed by atoms with E-state index in [-0.39, 0.29) is 24.6 Å². The molecule has 1 unspecified atom stereocenters. The van der Waals surface area contributed by atoms with Crippen molar-refractivity contribution in [2.24, 2.45) is 4.99 Å². The van der Waals surface area contributed by atoms with Crippen LogP contribution in [0.15, 0.2) is 111 Å². The van der Waals surface area contributed by atoms with Crippen molar-refractivity contribution in [2.45, 2.75) is 19.6 Å². The number of hydrogen-bond donors (Lipinski definition) is 0. The van der Waals surface area contributed by atoms with Gasteiger partial charge in [0.2, 0.25) is 0 Å². The average Bonchev–Trinajstić information content (AvgIpc) is 3.38. The number of carbonyl (C=O) groups is 1. The molecule has 0 aliphatic carbocycles. The van der Waals surface area contributed by atoms with Gasteiger partial charge in [0.05, 0.1) is 40.0 Å². The van der Waals surface area contributed by atoms with E-state index >= 15 is 0 Å². The molecule has 47 heavy (non-hydrogen) atoms. The highest BCUT2D eigenvalue weighted by Gasteiger charge is 2.35. The third-order valence-corrected chi connectivity index (χ3v) is 9.01. The number of methoxy groups -OCH3 is 1. The number of fused-ring (bicyclic) bond motifs is 1. The molecule has 1 aliphatic heterocycles. The lowest BCUT2D eigenvalue weighted by Gasteiger charge is -2.25. The molecule has 0 saturated carbocycles. The summed E-state index contributed by atoms with van der Waals surface area (Å²) in [4.78, 5) is 32.9. The van der Waals surface area contributed by atoms with E-state index in [0.29, 0.717) is 53.3 Å². The van der Waals surface area contributed by atoms with Crippen LogP contribution in [-0.4, -0.2) is 24.3 Å².